The topological polar surface area (TPSA) is 46.4 Å². The Kier molecular flexibility index (Phi) is 4.09. The van der Waals surface area contributed by atoms with Gasteiger partial charge in [-0.25, -0.2) is 9.37 Å². The van der Waals surface area contributed by atoms with E-state index in [-0.39, 0.29) is 17.1 Å². The lowest BCUT2D eigenvalue weighted by molar-refractivity contribution is -0.117. The molecule has 2 aromatic heterocycles. The number of amides is 1. The van der Waals surface area contributed by atoms with Crippen molar-refractivity contribution in [3.05, 3.63) is 54.5 Å². The van der Waals surface area contributed by atoms with Crippen molar-refractivity contribution in [2.24, 2.45) is 5.41 Å². The molecule has 0 unspecified atom stereocenters. The van der Waals surface area contributed by atoms with Gasteiger partial charge in [0, 0.05) is 18.2 Å². The summed E-state index contributed by atoms with van der Waals surface area (Å²) < 4.78 is 15.4. The maximum Gasteiger partial charge on any atom is 0.226 e. The standard InChI is InChI=1S/C19H20FN3O/c1-19(2,3)11-16(24)22-18-17(13-7-5-4-6-8-13)23-12-14(20)9-10-15(23)21-18/h4-10,12H,11H2,1-3H3,(H,22,24). The molecular formula is C19H20FN3O. The largest absolute Gasteiger partial charge is 0.309 e. The zero-order valence-corrected chi connectivity index (χ0v) is 14.0. The fraction of sp³-hybridized carbons (Fsp3) is 0.263. The molecule has 3 aromatic rings. The van der Waals surface area contributed by atoms with Gasteiger partial charge in [0.25, 0.3) is 0 Å². The van der Waals surface area contributed by atoms with Gasteiger partial charge in [-0.05, 0) is 17.5 Å². The molecule has 0 atom stereocenters. The van der Waals surface area contributed by atoms with Gasteiger partial charge in [0.15, 0.2) is 5.82 Å². The van der Waals surface area contributed by atoms with E-state index in [1.165, 1.54) is 12.3 Å². The van der Waals surface area contributed by atoms with Gasteiger partial charge in [-0.2, -0.15) is 0 Å². The minimum absolute atomic E-state index is 0.108. The fourth-order valence-corrected chi connectivity index (χ4v) is 2.64. The third-order valence-electron chi connectivity index (χ3n) is 3.58. The predicted octanol–water partition coefficient (Wildman–Crippen LogP) is 4.52. The summed E-state index contributed by atoms with van der Waals surface area (Å²) in [5.41, 5.74) is 2.00. The molecule has 124 valence electrons. The molecule has 4 nitrogen and oxygen atoms in total. The Labute approximate surface area is 140 Å². The van der Waals surface area contributed by atoms with Crippen LogP contribution < -0.4 is 5.32 Å². The molecule has 0 aliphatic carbocycles. The zero-order valence-electron chi connectivity index (χ0n) is 14.0. The molecule has 0 bridgehead atoms. The average molecular weight is 325 g/mol. The predicted molar refractivity (Wildman–Crippen MR) is 93.3 cm³/mol. The third-order valence-corrected chi connectivity index (χ3v) is 3.58. The molecule has 0 spiro atoms. The number of carbonyl (C=O) groups is 1. The molecule has 24 heavy (non-hydrogen) atoms. The van der Waals surface area contributed by atoms with E-state index >= 15 is 0 Å². The van der Waals surface area contributed by atoms with E-state index in [0.717, 1.165) is 5.56 Å². The zero-order chi connectivity index (χ0) is 17.3. The quantitative estimate of drug-likeness (QED) is 0.770. The number of aromatic nitrogens is 2. The Balaban J connectivity index is 2.08. The van der Waals surface area contributed by atoms with Crippen LogP contribution in [0, 0.1) is 11.2 Å². The minimum Gasteiger partial charge on any atom is -0.309 e. The highest BCUT2D eigenvalue weighted by molar-refractivity contribution is 5.94. The first-order valence-corrected chi connectivity index (χ1v) is 7.86. The SMILES string of the molecule is CC(C)(C)CC(=O)Nc1nc2ccc(F)cn2c1-c1ccccc1. The van der Waals surface area contributed by atoms with Crippen LogP contribution in [0.2, 0.25) is 0 Å². The number of rotatable bonds is 3. The van der Waals surface area contributed by atoms with Crippen molar-refractivity contribution in [3.8, 4) is 11.3 Å². The number of benzene rings is 1. The Bertz CT molecular complexity index is 879. The maximum atomic E-state index is 13.7. The first-order chi connectivity index (χ1) is 11.3. The lowest BCUT2D eigenvalue weighted by Crippen LogP contribution is -2.20. The summed E-state index contributed by atoms with van der Waals surface area (Å²) in [6.07, 6.45) is 1.76. The number of anilines is 1. The van der Waals surface area contributed by atoms with Gasteiger partial charge in [0.2, 0.25) is 5.91 Å². The Hall–Kier alpha value is -2.69. The van der Waals surface area contributed by atoms with Gasteiger partial charge in [0.1, 0.15) is 11.5 Å². The van der Waals surface area contributed by atoms with Gasteiger partial charge in [-0.1, -0.05) is 51.1 Å². The van der Waals surface area contributed by atoms with Crippen molar-refractivity contribution >= 4 is 17.4 Å². The molecule has 1 amide bonds. The van der Waals surface area contributed by atoms with E-state index in [9.17, 15) is 9.18 Å². The Morgan fingerprint density at radius 1 is 1.17 bits per heavy atom. The monoisotopic (exact) mass is 325 g/mol. The molecule has 1 N–H and O–H groups in total. The fourth-order valence-electron chi connectivity index (χ4n) is 2.64. The number of pyridine rings is 1. The van der Waals surface area contributed by atoms with Crippen LogP contribution in [0.3, 0.4) is 0 Å². The molecule has 0 saturated heterocycles. The van der Waals surface area contributed by atoms with E-state index in [0.29, 0.717) is 23.6 Å². The summed E-state index contributed by atoms with van der Waals surface area (Å²) in [6, 6.07) is 12.5. The highest BCUT2D eigenvalue weighted by Gasteiger charge is 2.20. The molecule has 0 fully saturated rings. The van der Waals surface area contributed by atoms with Crippen molar-refractivity contribution in [2.45, 2.75) is 27.2 Å². The molecule has 0 aliphatic rings. The molecule has 0 radical (unpaired) electrons. The highest BCUT2D eigenvalue weighted by Crippen LogP contribution is 2.30. The smallest absolute Gasteiger partial charge is 0.226 e. The van der Waals surface area contributed by atoms with Crippen molar-refractivity contribution in [2.75, 3.05) is 5.32 Å². The molecule has 1 aromatic carbocycles. The summed E-state index contributed by atoms with van der Waals surface area (Å²) in [7, 11) is 0. The van der Waals surface area contributed by atoms with Crippen molar-refractivity contribution in [3.63, 3.8) is 0 Å². The molecule has 2 heterocycles. The van der Waals surface area contributed by atoms with Crippen LogP contribution in [-0.4, -0.2) is 15.3 Å². The number of nitrogens with one attached hydrogen (secondary N) is 1. The number of halogens is 1. The van der Waals surface area contributed by atoms with Crippen LogP contribution in [0.4, 0.5) is 10.2 Å². The van der Waals surface area contributed by atoms with E-state index in [1.807, 2.05) is 51.1 Å². The van der Waals surface area contributed by atoms with E-state index in [4.69, 9.17) is 0 Å². The van der Waals surface area contributed by atoms with Gasteiger partial charge in [-0.3, -0.25) is 9.20 Å². The number of hydrogen-bond donors (Lipinski definition) is 1. The second-order valence-electron chi connectivity index (χ2n) is 7.04. The van der Waals surface area contributed by atoms with E-state index in [2.05, 4.69) is 10.3 Å². The van der Waals surface area contributed by atoms with Crippen molar-refractivity contribution in [1.29, 1.82) is 0 Å². The van der Waals surface area contributed by atoms with Gasteiger partial charge >= 0.3 is 0 Å². The summed E-state index contributed by atoms with van der Waals surface area (Å²) in [6.45, 7) is 6.01. The first-order valence-electron chi connectivity index (χ1n) is 7.86. The number of nitrogens with zero attached hydrogens (tertiary/aromatic N) is 2. The van der Waals surface area contributed by atoms with Crippen LogP contribution in [-0.2, 0) is 4.79 Å². The van der Waals surface area contributed by atoms with E-state index < -0.39 is 0 Å². The highest BCUT2D eigenvalue weighted by atomic mass is 19.1. The maximum absolute atomic E-state index is 13.7. The van der Waals surface area contributed by atoms with Crippen molar-refractivity contribution < 1.29 is 9.18 Å². The first kappa shape index (κ1) is 16.2. The third kappa shape index (κ3) is 3.45. The van der Waals surface area contributed by atoms with Gasteiger partial charge in [0.05, 0.1) is 5.69 Å². The lowest BCUT2D eigenvalue weighted by Gasteiger charge is -2.17. The van der Waals surface area contributed by atoms with Crippen LogP contribution >= 0.6 is 0 Å². The average Bonchev–Trinajstić information content (AvgIpc) is 2.83. The van der Waals surface area contributed by atoms with Crippen LogP contribution in [0.1, 0.15) is 27.2 Å². The minimum atomic E-state index is -0.357. The number of imidazole rings is 1. The summed E-state index contributed by atoms with van der Waals surface area (Å²) in [4.78, 5) is 16.8. The summed E-state index contributed by atoms with van der Waals surface area (Å²) >= 11 is 0. The second-order valence-corrected chi connectivity index (χ2v) is 7.04. The van der Waals surface area contributed by atoms with Crippen LogP contribution in [0.25, 0.3) is 16.9 Å². The van der Waals surface area contributed by atoms with Gasteiger partial charge in [-0.15, -0.1) is 0 Å². The molecule has 5 heteroatoms. The number of hydrogen-bond acceptors (Lipinski definition) is 2. The Morgan fingerprint density at radius 2 is 1.88 bits per heavy atom. The number of carbonyl (C=O) groups excluding carboxylic acids is 1. The molecular weight excluding hydrogens is 305 g/mol. The Morgan fingerprint density at radius 3 is 2.54 bits per heavy atom. The van der Waals surface area contributed by atoms with E-state index in [1.54, 1.807) is 10.5 Å². The number of fused-ring (bicyclic) bond motifs is 1. The van der Waals surface area contributed by atoms with Crippen LogP contribution in [0.15, 0.2) is 48.7 Å². The molecule has 0 aliphatic heterocycles. The molecule has 0 saturated carbocycles. The molecule has 3 rings (SSSR count). The lowest BCUT2D eigenvalue weighted by atomic mass is 9.92. The van der Waals surface area contributed by atoms with Crippen LogP contribution in [0.5, 0.6) is 0 Å². The second kappa shape index (κ2) is 6.07. The summed E-state index contributed by atoms with van der Waals surface area (Å²) in [5, 5.41) is 2.88. The normalized spacial score (nSPS) is 11.7. The summed E-state index contributed by atoms with van der Waals surface area (Å²) in [5.74, 6) is -0.0192. The van der Waals surface area contributed by atoms with Gasteiger partial charge < -0.3 is 5.32 Å². The van der Waals surface area contributed by atoms with Crippen molar-refractivity contribution in [1.82, 2.24) is 9.38 Å².